The van der Waals surface area contributed by atoms with Crippen LogP contribution >= 0.6 is 23.2 Å². The van der Waals surface area contributed by atoms with Gasteiger partial charge in [0.1, 0.15) is 0 Å². The molecule has 2 aromatic rings. The minimum atomic E-state index is -0.185. The Balaban J connectivity index is 1.90. The highest BCUT2D eigenvalue weighted by atomic mass is 35.5. The highest BCUT2D eigenvalue weighted by Crippen LogP contribution is 2.26. The lowest BCUT2D eigenvalue weighted by molar-refractivity contribution is 0.0951. The topological polar surface area (TPSA) is 70.2 Å². The molecule has 0 aliphatic rings. The third kappa shape index (κ3) is 5.63. The molecule has 0 aliphatic heterocycles. The van der Waals surface area contributed by atoms with E-state index in [2.05, 4.69) is 25.5 Å². The molecule has 1 aromatic carbocycles. The summed E-state index contributed by atoms with van der Waals surface area (Å²) >= 11 is 11.8. The predicted octanol–water partition coefficient (Wildman–Crippen LogP) is 3.21. The Kier molecular flexibility index (Phi) is 6.78. The largest absolute Gasteiger partial charge is 0.352 e. The average molecular weight is 368 g/mol. The molecule has 0 saturated heterocycles. The van der Waals surface area contributed by atoms with Gasteiger partial charge >= 0.3 is 0 Å². The van der Waals surface area contributed by atoms with Crippen molar-refractivity contribution in [2.45, 2.75) is 6.42 Å². The summed E-state index contributed by atoms with van der Waals surface area (Å²) < 4.78 is 0. The Labute approximate surface area is 151 Å². The Morgan fingerprint density at radius 3 is 2.50 bits per heavy atom. The zero-order valence-corrected chi connectivity index (χ0v) is 15.0. The number of hydrogen-bond acceptors (Lipinski definition) is 5. The van der Waals surface area contributed by atoms with Crippen molar-refractivity contribution >= 4 is 40.7 Å². The van der Waals surface area contributed by atoms with Crippen LogP contribution in [0.5, 0.6) is 0 Å². The first kappa shape index (κ1) is 18.4. The standard InChI is InChI=1S/C16H19Cl2N5O/c1-23(2)7-3-6-19-15(24)11-9-20-16(21-10-11)22-12-4-5-13(17)14(18)8-12/h4-5,8-10H,3,6-7H2,1-2H3,(H,19,24)(H,20,21,22). The molecule has 0 aliphatic carbocycles. The number of carbonyl (C=O) groups excluding carboxylic acids is 1. The summed E-state index contributed by atoms with van der Waals surface area (Å²) in [5.74, 6) is 0.187. The van der Waals surface area contributed by atoms with Crippen molar-refractivity contribution < 1.29 is 4.79 Å². The first-order valence-corrected chi connectivity index (χ1v) is 8.18. The Morgan fingerprint density at radius 2 is 1.88 bits per heavy atom. The lowest BCUT2D eigenvalue weighted by atomic mass is 10.3. The molecule has 2 N–H and O–H groups in total. The second-order valence-corrected chi connectivity index (χ2v) is 6.28. The number of hydrogen-bond donors (Lipinski definition) is 2. The zero-order valence-electron chi connectivity index (χ0n) is 13.5. The van der Waals surface area contributed by atoms with Gasteiger partial charge in [0.05, 0.1) is 15.6 Å². The van der Waals surface area contributed by atoms with Crippen LogP contribution in [0.2, 0.25) is 10.0 Å². The summed E-state index contributed by atoms with van der Waals surface area (Å²) in [6.07, 6.45) is 3.85. The van der Waals surface area contributed by atoms with Crippen LogP contribution in [-0.4, -0.2) is 48.0 Å². The molecular weight excluding hydrogens is 349 g/mol. The smallest absolute Gasteiger partial charge is 0.254 e. The van der Waals surface area contributed by atoms with Crippen LogP contribution in [0.3, 0.4) is 0 Å². The number of nitrogens with zero attached hydrogens (tertiary/aromatic N) is 3. The van der Waals surface area contributed by atoms with Crippen molar-refractivity contribution in [1.29, 1.82) is 0 Å². The lowest BCUT2D eigenvalue weighted by Gasteiger charge is -2.10. The molecule has 0 fully saturated rings. The molecule has 1 aromatic heterocycles. The molecule has 0 spiro atoms. The molecule has 2 rings (SSSR count). The molecular formula is C16H19Cl2N5O. The van der Waals surface area contributed by atoms with E-state index >= 15 is 0 Å². The van der Waals surface area contributed by atoms with Gasteiger partial charge in [0, 0.05) is 24.6 Å². The molecule has 1 heterocycles. The number of benzene rings is 1. The van der Waals surface area contributed by atoms with Crippen molar-refractivity contribution in [3.8, 4) is 0 Å². The van der Waals surface area contributed by atoms with Gasteiger partial charge in [-0.05, 0) is 45.3 Å². The molecule has 0 radical (unpaired) electrons. The molecule has 6 nitrogen and oxygen atoms in total. The minimum absolute atomic E-state index is 0.185. The van der Waals surface area contributed by atoms with Gasteiger partial charge in [0.25, 0.3) is 5.91 Å². The Bertz CT molecular complexity index is 691. The van der Waals surface area contributed by atoms with Gasteiger partial charge in [0.15, 0.2) is 0 Å². The minimum Gasteiger partial charge on any atom is -0.352 e. The van der Waals surface area contributed by atoms with E-state index in [4.69, 9.17) is 23.2 Å². The van der Waals surface area contributed by atoms with Crippen LogP contribution in [0.15, 0.2) is 30.6 Å². The van der Waals surface area contributed by atoms with E-state index in [1.54, 1.807) is 18.2 Å². The lowest BCUT2D eigenvalue weighted by Crippen LogP contribution is -2.27. The molecule has 0 bridgehead atoms. The van der Waals surface area contributed by atoms with Gasteiger partial charge < -0.3 is 15.5 Å². The first-order chi connectivity index (χ1) is 11.5. The summed E-state index contributed by atoms with van der Waals surface area (Å²) in [6, 6.07) is 5.13. The number of rotatable bonds is 7. The van der Waals surface area contributed by atoms with Gasteiger partial charge in [-0.2, -0.15) is 0 Å². The maximum absolute atomic E-state index is 12.0. The monoisotopic (exact) mass is 367 g/mol. The predicted molar refractivity (Wildman–Crippen MR) is 97.3 cm³/mol. The highest BCUT2D eigenvalue weighted by Gasteiger charge is 2.07. The number of amides is 1. The van der Waals surface area contributed by atoms with E-state index in [-0.39, 0.29) is 5.91 Å². The molecule has 0 saturated carbocycles. The number of halogens is 2. The molecule has 0 unspecified atom stereocenters. The second-order valence-electron chi connectivity index (χ2n) is 5.46. The molecule has 8 heteroatoms. The van der Waals surface area contributed by atoms with E-state index in [1.165, 1.54) is 12.4 Å². The quantitative estimate of drug-likeness (QED) is 0.735. The Hall–Kier alpha value is -1.89. The average Bonchev–Trinajstić information content (AvgIpc) is 2.55. The van der Waals surface area contributed by atoms with Crippen LogP contribution < -0.4 is 10.6 Å². The number of anilines is 2. The SMILES string of the molecule is CN(C)CCCNC(=O)c1cnc(Nc2ccc(Cl)c(Cl)c2)nc1. The molecule has 24 heavy (non-hydrogen) atoms. The van der Waals surface area contributed by atoms with E-state index < -0.39 is 0 Å². The van der Waals surface area contributed by atoms with Gasteiger partial charge in [-0.25, -0.2) is 9.97 Å². The summed E-state index contributed by atoms with van der Waals surface area (Å²) in [5, 5.41) is 6.76. The fourth-order valence-corrected chi connectivity index (χ4v) is 2.21. The number of aromatic nitrogens is 2. The molecule has 1 amide bonds. The van der Waals surface area contributed by atoms with Crippen LogP contribution in [0.25, 0.3) is 0 Å². The van der Waals surface area contributed by atoms with Crippen molar-refractivity contribution in [3.63, 3.8) is 0 Å². The van der Waals surface area contributed by atoms with Crippen LogP contribution in [0.4, 0.5) is 11.6 Å². The maximum atomic E-state index is 12.0. The van der Waals surface area contributed by atoms with Crippen LogP contribution in [0.1, 0.15) is 16.8 Å². The van der Waals surface area contributed by atoms with Crippen molar-refractivity contribution in [3.05, 3.63) is 46.2 Å². The van der Waals surface area contributed by atoms with E-state index in [0.717, 1.165) is 13.0 Å². The van der Waals surface area contributed by atoms with Crippen LogP contribution in [-0.2, 0) is 0 Å². The summed E-state index contributed by atoms with van der Waals surface area (Å²) in [6.45, 7) is 1.53. The first-order valence-electron chi connectivity index (χ1n) is 7.43. The summed E-state index contributed by atoms with van der Waals surface area (Å²) in [5.41, 5.74) is 1.13. The Morgan fingerprint density at radius 1 is 1.17 bits per heavy atom. The van der Waals surface area contributed by atoms with Gasteiger partial charge in [0.2, 0.25) is 5.95 Å². The van der Waals surface area contributed by atoms with Crippen molar-refractivity contribution in [1.82, 2.24) is 20.2 Å². The third-order valence-electron chi connectivity index (χ3n) is 3.16. The molecule has 128 valence electrons. The zero-order chi connectivity index (χ0) is 17.5. The van der Waals surface area contributed by atoms with E-state index in [9.17, 15) is 4.79 Å². The second kappa shape index (κ2) is 8.82. The molecule has 0 atom stereocenters. The third-order valence-corrected chi connectivity index (χ3v) is 3.90. The maximum Gasteiger partial charge on any atom is 0.254 e. The summed E-state index contributed by atoms with van der Waals surface area (Å²) in [4.78, 5) is 22.3. The highest BCUT2D eigenvalue weighted by molar-refractivity contribution is 6.42. The van der Waals surface area contributed by atoms with Crippen molar-refractivity contribution in [2.75, 3.05) is 32.5 Å². The van der Waals surface area contributed by atoms with Crippen molar-refractivity contribution in [2.24, 2.45) is 0 Å². The van der Waals surface area contributed by atoms with Crippen LogP contribution in [0, 0.1) is 0 Å². The fourth-order valence-electron chi connectivity index (χ4n) is 1.91. The van der Waals surface area contributed by atoms with Gasteiger partial charge in [-0.15, -0.1) is 0 Å². The summed E-state index contributed by atoms with van der Waals surface area (Å²) in [7, 11) is 3.99. The van der Waals surface area contributed by atoms with E-state index in [1.807, 2.05) is 14.1 Å². The number of nitrogens with one attached hydrogen (secondary N) is 2. The van der Waals surface area contributed by atoms with Gasteiger partial charge in [-0.3, -0.25) is 4.79 Å². The van der Waals surface area contributed by atoms with Gasteiger partial charge in [-0.1, -0.05) is 23.2 Å². The normalized spacial score (nSPS) is 10.7. The fraction of sp³-hybridized carbons (Fsp3) is 0.312. The number of carbonyl (C=O) groups is 1. The van der Waals surface area contributed by atoms with E-state index in [0.29, 0.717) is 33.8 Å².